The molecule has 0 unspecified atom stereocenters. The van der Waals surface area contributed by atoms with E-state index in [4.69, 9.17) is 5.26 Å². The summed E-state index contributed by atoms with van der Waals surface area (Å²) in [6.07, 6.45) is 1.10. The van der Waals surface area contributed by atoms with Crippen LogP contribution in [-0.4, -0.2) is 9.78 Å². The summed E-state index contributed by atoms with van der Waals surface area (Å²) in [4.78, 5) is 12.0. The molecule has 0 amide bonds. The fourth-order valence-corrected chi connectivity index (χ4v) is 2.08. The van der Waals surface area contributed by atoms with Crippen LogP contribution in [0.3, 0.4) is 0 Å². The first-order chi connectivity index (χ1) is 9.69. The molecule has 0 fully saturated rings. The predicted molar refractivity (Wildman–Crippen MR) is 78.3 cm³/mol. The number of nitriles is 1. The first-order valence-electron chi connectivity index (χ1n) is 6.76. The summed E-state index contributed by atoms with van der Waals surface area (Å²) in [7, 11) is 0. The molecule has 0 aliphatic carbocycles. The minimum absolute atomic E-state index is 0.112. The zero-order valence-corrected chi connectivity index (χ0v) is 11.8. The molecule has 4 heteroatoms. The van der Waals surface area contributed by atoms with Gasteiger partial charge in [0.1, 0.15) is 0 Å². The Bertz CT molecular complexity index is 693. The van der Waals surface area contributed by atoms with Gasteiger partial charge < -0.3 is 0 Å². The van der Waals surface area contributed by atoms with Crippen LogP contribution in [0.4, 0.5) is 0 Å². The smallest absolute Gasteiger partial charge is 0.267 e. The molecule has 102 valence electrons. The number of aryl methyl sites for hydroxylation is 2. The zero-order valence-electron chi connectivity index (χ0n) is 11.8. The number of benzene rings is 1. The molecular weight excluding hydrogens is 250 g/mol. The second-order valence-corrected chi connectivity index (χ2v) is 4.56. The maximum atomic E-state index is 12.0. The first-order valence-corrected chi connectivity index (χ1v) is 6.76. The molecule has 2 aromatic rings. The van der Waals surface area contributed by atoms with E-state index in [1.807, 2.05) is 25.1 Å². The summed E-state index contributed by atoms with van der Waals surface area (Å²) in [6.45, 7) is 4.47. The van der Waals surface area contributed by atoms with Crippen molar-refractivity contribution in [2.45, 2.75) is 33.2 Å². The van der Waals surface area contributed by atoms with Gasteiger partial charge in [0.2, 0.25) is 0 Å². The molecule has 0 aliphatic heterocycles. The molecule has 1 heterocycles. The van der Waals surface area contributed by atoms with Gasteiger partial charge in [-0.1, -0.05) is 31.2 Å². The van der Waals surface area contributed by atoms with Crippen LogP contribution in [-0.2, 0) is 19.4 Å². The minimum Gasteiger partial charge on any atom is -0.267 e. The summed E-state index contributed by atoms with van der Waals surface area (Å²) in [5, 5.41) is 13.2. The Kier molecular flexibility index (Phi) is 4.31. The number of rotatable bonds is 4. The molecular formula is C16H17N3O. The van der Waals surface area contributed by atoms with Crippen molar-refractivity contribution in [3.63, 3.8) is 0 Å². The van der Waals surface area contributed by atoms with E-state index in [1.165, 1.54) is 10.2 Å². The van der Waals surface area contributed by atoms with Gasteiger partial charge in [0.25, 0.3) is 5.56 Å². The second kappa shape index (κ2) is 6.16. The largest absolute Gasteiger partial charge is 0.271 e. The third kappa shape index (κ3) is 2.77. The summed E-state index contributed by atoms with van der Waals surface area (Å²) in [6, 6.07) is 11.9. The molecule has 1 aromatic heterocycles. The highest BCUT2D eigenvalue weighted by Gasteiger charge is 2.09. The van der Waals surface area contributed by atoms with Gasteiger partial charge in [-0.15, -0.1) is 0 Å². The number of aromatic nitrogens is 2. The van der Waals surface area contributed by atoms with Crippen LogP contribution >= 0.6 is 0 Å². The summed E-state index contributed by atoms with van der Waals surface area (Å²) >= 11 is 0. The van der Waals surface area contributed by atoms with Gasteiger partial charge in [-0.25, -0.2) is 4.68 Å². The molecule has 20 heavy (non-hydrogen) atoms. The molecule has 1 aromatic carbocycles. The van der Waals surface area contributed by atoms with E-state index in [-0.39, 0.29) is 12.0 Å². The lowest BCUT2D eigenvalue weighted by molar-refractivity contribution is 0.613. The van der Waals surface area contributed by atoms with Gasteiger partial charge in [-0.05, 0) is 25.0 Å². The highest BCUT2D eigenvalue weighted by molar-refractivity contribution is 5.59. The van der Waals surface area contributed by atoms with Crippen LogP contribution in [0.5, 0.6) is 0 Å². The van der Waals surface area contributed by atoms with Gasteiger partial charge in [0.15, 0.2) is 0 Å². The number of hydrogen-bond donors (Lipinski definition) is 0. The normalized spacial score (nSPS) is 10.2. The molecule has 0 bridgehead atoms. The summed E-state index contributed by atoms with van der Waals surface area (Å²) in [5.74, 6) is 0. The lowest BCUT2D eigenvalue weighted by Gasteiger charge is -2.08. The molecule has 0 spiro atoms. The van der Waals surface area contributed by atoms with Gasteiger partial charge in [-0.3, -0.25) is 4.79 Å². The maximum Gasteiger partial charge on any atom is 0.271 e. The Morgan fingerprint density at radius 2 is 1.95 bits per heavy atom. The van der Waals surface area contributed by atoms with Crippen molar-refractivity contribution in [2.24, 2.45) is 0 Å². The Morgan fingerprint density at radius 1 is 1.25 bits per heavy atom. The topological polar surface area (TPSA) is 58.7 Å². The van der Waals surface area contributed by atoms with Crippen LogP contribution in [0.15, 0.2) is 35.1 Å². The van der Waals surface area contributed by atoms with Crippen molar-refractivity contribution >= 4 is 0 Å². The van der Waals surface area contributed by atoms with E-state index >= 15 is 0 Å². The van der Waals surface area contributed by atoms with Crippen LogP contribution in [0.25, 0.3) is 11.3 Å². The monoisotopic (exact) mass is 267 g/mol. The Hall–Kier alpha value is -2.41. The van der Waals surface area contributed by atoms with Crippen molar-refractivity contribution < 1.29 is 0 Å². The SMILES string of the molecule is CCc1ccc(-c2cc(CC#N)c(=O)n(CC)n2)cc1. The average molecular weight is 267 g/mol. The van der Waals surface area contributed by atoms with Crippen molar-refractivity contribution in [2.75, 3.05) is 0 Å². The van der Waals surface area contributed by atoms with E-state index in [0.717, 1.165) is 17.7 Å². The highest BCUT2D eigenvalue weighted by Crippen LogP contribution is 2.17. The third-order valence-electron chi connectivity index (χ3n) is 3.28. The Morgan fingerprint density at radius 3 is 2.50 bits per heavy atom. The second-order valence-electron chi connectivity index (χ2n) is 4.56. The molecule has 0 aliphatic rings. The van der Waals surface area contributed by atoms with Crippen LogP contribution in [0, 0.1) is 11.3 Å². The summed E-state index contributed by atoms with van der Waals surface area (Å²) < 4.78 is 1.41. The van der Waals surface area contributed by atoms with Crippen LogP contribution < -0.4 is 5.56 Å². The van der Waals surface area contributed by atoms with Gasteiger partial charge in [0.05, 0.1) is 18.2 Å². The maximum absolute atomic E-state index is 12.0. The van der Waals surface area contributed by atoms with Gasteiger partial charge in [0, 0.05) is 17.7 Å². The molecule has 0 N–H and O–H groups in total. The van der Waals surface area contributed by atoms with Crippen LogP contribution in [0.1, 0.15) is 25.0 Å². The van der Waals surface area contributed by atoms with Gasteiger partial charge >= 0.3 is 0 Å². The van der Waals surface area contributed by atoms with E-state index in [9.17, 15) is 4.79 Å². The van der Waals surface area contributed by atoms with Crippen molar-refractivity contribution in [3.05, 3.63) is 51.8 Å². The molecule has 0 saturated heterocycles. The quantitative estimate of drug-likeness (QED) is 0.855. The lowest BCUT2D eigenvalue weighted by atomic mass is 10.1. The predicted octanol–water partition coefficient (Wildman–Crippen LogP) is 2.56. The van der Waals surface area contributed by atoms with Crippen LogP contribution in [0.2, 0.25) is 0 Å². The van der Waals surface area contributed by atoms with Crippen molar-refractivity contribution in [3.8, 4) is 17.3 Å². The van der Waals surface area contributed by atoms with E-state index < -0.39 is 0 Å². The van der Waals surface area contributed by atoms with Crippen molar-refractivity contribution in [1.29, 1.82) is 5.26 Å². The molecule has 4 nitrogen and oxygen atoms in total. The van der Waals surface area contributed by atoms with E-state index in [2.05, 4.69) is 24.2 Å². The van der Waals surface area contributed by atoms with Gasteiger partial charge in [-0.2, -0.15) is 10.4 Å². The van der Waals surface area contributed by atoms with Crippen molar-refractivity contribution in [1.82, 2.24) is 9.78 Å². The highest BCUT2D eigenvalue weighted by atomic mass is 16.1. The molecule has 2 rings (SSSR count). The Balaban J connectivity index is 2.53. The third-order valence-corrected chi connectivity index (χ3v) is 3.28. The minimum atomic E-state index is -0.178. The number of nitrogens with zero attached hydrogens (tertiary/aromatic N) is 3. The van der Waals surface area contributed by atoms with E-state index in [0.29, 0.717) is 12.1 Å². The fourth-order valence-electron chi connectivity index (χ4n) is 2.08. The fraction of sp³-hybridized carbons (Fsp3) is 0.312. The lowest BCUT2D eigenvalue weighted by Crippen LogP contribution is -2.25. The first kappa shape index (κ1) is 14.0. The summed E-state index contributed by atoms with van der Waals surface area (Å²) in [5.41, 5.74) is 3.28. The molecule has 0 radical (unpaired) electrons. The average Bonchev–Trinajstić information content (AvgIpc) is 2.49. The zero-order chi connectivity index (χ0) is 14.5. The number of hydrogen-bond acceptors (Lipinski definition) is 3. The van der Waals surface area contributed by atoms with E-state index in [1.54, 1.807) is 6.07 Å². The Labute approximate surface area is 118 Å². The molecule has 0 atom stereocenters. The standard InChI is InChI=1S/C16H17N3O/c1-3-12-5-7-13(8-6-12)15-11-14(9-10-17)16(20)19(4-2)18-15/h5-8,11H,3-4,9H2,1-2H3. The molecule has 0 saturated carbocycles.